The molecule has 0 bridgehead atoms. The van der Waals surface area contributed by atoms with Crippen molar-refractivity contribution in [3.05, 3.63) is 24.3 Å². The van der Waals surface area contributed by atoms with Crippen molar-refractivity contribution in [3.63, 3.8) is 0 Å². The third kappa shape index (κ3) is 3.60. The van der Waals surface area contributed by atoms with Gasteiger partial charge in [-0.15, -0.1) is 0 Å². The summed E-state index contributed by atoms with van der Waals surface area (Å²) < 4.78 is 10.2. The number of ether oxygens (including phenoxy) is 2. The van der Waals surface area contributed by atoms with Crippen molar-refractivity contribution >= 4 is 17.6 Å². The summed E-state index contributed by atoms with van der Waals surface area (Å²) in [6.45, 7) is 3.98. The third-order valence-corrected chi connectivity index (χ3v) is 4.69. The molecule has 1 saturated carbocycles. The first kappa shape index (κ1) is 18.8. The van der Waals surface area contributed by atoms with Crippen molar-refractivity contribution in [2.45, 2.75) is 33.1 Å². The van der Waals surface area contributed by atoms with E-state index in [1.807, 2.05) is 6.92 Å². The van der Waals surface area contributed by atoms with Crippen LogP contribution in [0.4, 0.5) is 5.69 Å². The SMILES string of the molecule is CCCC[C@@H]1[C@H](C(=O)OCC)[C@@]1(C#N)C(=O)Nc1ccc(OC)cc1. The molecular weight excluding hydrogens is 320 g/mol. The van der Waals surface area contributed by atoms with E-state index in [2.05, 4.69) is 11.4 Å². The van der Waals surface area contributed by atoms with Crippen LogP contribution in [0.15, 0.2) is 24.3 Å². The highest BCUT2D eigenvalue weighted by Crippen LogP contribution is 2.61. The molecule has 0 saturated heterocycles. The van der Waals surface area contributed by atoms with E-state index in [0.717, 1.165) is 12.8 Å². The number of amides is 1. The predicted molar refractivity (Wildman–Crippen MR) is 92.8 cm³/mol. The molecule has 25 heavy (non-hydrogen) atoms. The maximum Gasteiger partial charge on any atom is 0.311 e. The van der Waals surface area contributed by atoms with E-state index >= 15 is 0 Å². The molecule has 6 nitrogen and oxygen atoms in total. The van der Waals surface area contributed by atoms with Crippen LogP contribution in [0.1, 0.15) is 33.1 Å². The minimum Gasteiger partial charge on any atom is -0.497 e. The maximum atomic E-state index is 12.8. The Kier molecular flexibility index (Phi) is 6.02. The molecule has 1 N–H and O–H groups in total. The first-order valence-corrected chi connectivity index (χ1v) is 8.58. The molecule has 0 aliphatic heterocycles. The van der Waals surface area contributed by atoms with Gasteiger partial charge in [-0.2, -0.15) is 5.26 Å². The number of carbonyl (C=O) groups is 2. The lowest BCUT2D eigenvalue weighted by Gasteiger charge is -2.11. The van der Waals surface area contributed by atoms with Gasteiger partial charge in [0.05, 0.1) is 25.7 Å². The lowest BCUT2D eigenvalue weighted by molar-refractivity contribution is -0.146. The number of nitrogens with zero attached hydrogens (tertiary/aromatic N) is 1. The Bertz CT molecular complexity index is 665. The number of carbonyl (C=O) groups excluding carboxylic acids is 2. The van der Waals surface area contributed by atoms with Gasteiger partial charge in [0.25, 0.3) is 0 Å². The molecule has 1 aromatic carbocycles. The van der Waals surface area contributed by atoms with E-state index in [0.29, 0.717) is 17.9 Å². The molecule has 6 heteroatoms. The summed E-state index contributed by atoms with van der Waals surface area (Å²) in [5.41, 5.74) is -0.786. The lowest BCUT2D eigenvalue weighted by atomic mass is 10.0. The van der Waals surface area contributed by atoms with Crippen LogP contribution in [-0.2, 0) is 14.3 Å². The van der Waals surface area contributed by atoms with Gasteiger partial charge in [0.2, 0.25) is 5.91 Å². The molecule has 1 aromatic rings. The fourth-order valence-corrected chi connectivity index (χ4v) is 3.28. The molecule has 0 aromatic heterocycles. The quantitative estimate of drug-likeness (QED) is 0.732. The number of nitriles is 1. The summed E-state index contributed by atoms with van der Waals surface area (Å²) in [6, 6.07) is 8.95. The second-order valence-electron chi connectivity index (χ2n) is 6.14. The zero-order valence-electron chi connectivity index (χ0n) is 14.9. The molecule has 1 aliphatic carbocycles. The molecule has 0 unspecified atom stereocenters. The van der Waals surface area contributed by atoms with Crippen LogP contribution in [0, 0.1) is 28.6 Å². The normalized spacial score (nSPS) is 24.1. The fourth-order valence-electron chi connectivity index (χ4n) is 3.28. The van der Waals surface area contributed by atoms with E-state index in [9.17, 15) is 14.9 Å². The van der Waals surface area contributed by atoms with Crippen molar-refractivity contribution in [2.24, 2.45) is 17.3 Å². The Balaban J connectivity index is 2.19. The van der Waals surface area contributed by atoms with Gasteiger partial charge in [-0.05, 0) is 37.6 Å². The summed E-state index contributed by atoms with van der Waals surface area (Å²) in [5.74, 6) is -1.23. The highest BCUT2D eigenvalue weighted by atomic mass is 16.5. The van der Waals surface area contributed by atoms with Crippen LogP contribution in [0.3, 0.4) is 0 Å². The summed E-state index contributed by atoms with van der Waals surface area (Å²) in [4.78, 5) is 25.0. The molecule has 134 valence electrons. The third-order valence-electron chi connectivity index (χ3n) is 4.69. The van der Waals surface area contributed by atoms with Crippen LogP contribution in [0.25, 0.3) is 0 Å². The molecular formula is C19H24N2O4. The van der Waals surface area contributed by atoms with Crippen molar-refractivity contribution in [1.29, 1.82) is 5.26 Å². The highest BCUT2D eigenvalue weighted by molar-refractivity contribution is 6.04. The number of hydrogen-bond donors (Lipinski definition) is 1. The second kappa shape index (κ2) is 8.02. The smallest absolute Gasteiger partial charge is 0.311 e. The van der Waals surface area contributed by atoms with Gasteiger partial charge in [0.1, 0.15) is 5.75 Å². The molecule has 1 aliphatic rings. The first-order valence-electron chi connectivity index (χ1n) is 8.58. The number of unbranched alkanes of at least 4 members (excludes halogenated alkanes) is 1. The first-order chi connectivity index (χ1) is 12.0. The number of rotatable bonds is 8. The minimum atomic E-state index is -1.35. The lowest BCUT2D eigenvalue weighted by Crippen LogP contribution is -2.28. The summed E-state index contributed by atoms with van der Waals surface area (Å²) in [6.07, 6.45) is 2.46. The molecule has 1 fully saturated rings. The van der Waals surface area contributed by atoms with Gasteiger partial charge in [-0.3, -0.25) is 9.59 Å². The van der Waals surface area contributed by atoms with Crippen LogP contribution >= 0.6 is 0 Å². The molecule has 1 amide bonds. The zero-order chi connectivity index (χ0) is 18.4. The number of anilines is 1. The Morgan fingerprint density at radius 2 is 1.96 bits per heavy atom. The van der Waals surface area contributed by atoms with Gasteiger partial charge in [-0.25, -0.2) is 0 Å². The summed E-state index contributed by atoms with van der Waals surface area (Å²) in [7, 11) is 1.56. The second-order valence-corrected chi connectivity index (χ2v) is 6.14. The Labute approximate surface area is 148 Å². The van der Waals surface area contributed by atoms with Crippen LogP contribution in [0.2, 0.25) is 0 Å². The monoisotopic (exact) mass is 344 g/mol. The Hall–Kier alpha value is -2.55. The highest BCUT2D eigenvalue weighted by Gasteiger charge is 2.73. The minimum absolute atomic E-state index is 0.234. The molecule has 0 spiro atoms. The van der Waals surface area contributed by atoms with Crippen molar-refractivity contribution in [1.82, 2.24) is 0 Å². The molecule has 3 atom stereocenters. The van der Waals surface area contributed by atoms with E-state index < -0.39 is 23.2 Å². The van der Waals surface area contributed by atoms with Crippen molar-refractivity contribution in [2.75, 3.05) is 19.0 Å². The van der Waals surface area contributed by atoms with Gasteiger partial charge < -0.3 is 14.8 Å². The maximum absolute atomic E-state index is 12.8. The van der Waals surface area contributed by atoms with E-state index in [1.165, 1.54) is 0 Å². The average Bonchev–Trinajstić information content (AvgIpc) is 3.29. The van der Waals surface area contributed by atoms with Crippen molar-refractivity contribution < 1.29 is 19.1 Å². The van der Waals surface area contributed by atoms with Crippen LogP contribution < -0.4 is 10.1 Å². The Morgan fingerprint density at radius 1 is 1.28 bits per heavy atom. The van der Waals surface area contributed by atoms with Crippen LogP contribution in [-0.4, -0.2) is 25.6 Å². The molecule has 0 heterocycles. The number of methoxy groups -OCH3 is 1. The summed E-state index contributed by atoms with van der Waals surface area (Å²) >= 11 is 0. The standard InChI is InChI=1S/C19H24N2O4/c1-4-6-7-15-16(17(22)25-5-2)19(15,12-20)18(23)21-13-8-10-14(24-3)11-9-13/h8-11,15-16H,4-7H2,1-3H3,(H,21,23)/t15-,16-,19+/m1/s1. The van der Waals surface area contributed by atoms with Crippen molar-refractivity contribution in [3.8, 4) is 11.8 Å². The molecule has 2 rings (SSSR count). The molecule has 0 radical (unpaired) electrons. The predicted octanol–water partition coefficient (Wildman–Crippen LogP) is 3.14. The van der Waals surface area contributed by atoms with E-state index in [1.54, 1.807) is 38.3 Å². The topological polar surface area (TPSA) is 88.4 Å². The van der Waals surface area contributed by atoms with Gasteiger partial charge in [-0.1, -0.05) is 19.8 Å². The van der Waals surface area contributed by atoms with Gasteiger partial charge >= 0.3 is 5.97 Å². The van der Waals surface area contributed by atoms with E-state index in [-0.39, 0.29) is 12.5 Å². The Morgan fingerprint density at radius 3 is 2.48 bits per heavy atom. The number of hydrogen-bond acceptors (Lipinski definition) is 5. The fraction of sp³-hybridized carbons (Fsp3) is 0.526. The average molecular weight is 344 g/mol. The number of benzene rings is 1. The number of nitrogens with one attached hydrogen (secondary N) is 1. The van der Waals surface area contributed by atoms with Gasteiger partial charge in [0.15, 0.2) is 5.41 Å². The largest absolute Gasteiger partial charge is 0.497 e. The van der Waals surface area contributed by atoms with Crippen LogP contribution in [0.5, 0.6) is 5.75 Å². The van der Waals surface area contributed by atoms with Gasteiger partial charge in [0, 0.05) is 11.6 Å². The van der Waals surface area contributed by atoms with E-state index in [4.69, 9.17) is 9.47 Å². The summed E-state index contributed by atoms with van der Waals surface area (Å²) in [5, 5.41) is 12.5. The zero-order valence-corrected chi connectivity index (χ0v) is 14.9. The number of esters is 1.